The minimum absolute atomic E-state index is 0.0347. The molecule has 1 aromatic heterocycles. The molecule has 0 bridgehead atoms. The van der Waals surface area contributed by atoms with Crippen molar-refractivity contribution >= 4 is 35.0 Å². The van der Waals surface area contributed by atoms with E-state index in [-0.39, 0.29) is 29.8 Å². The molecule has 0 spiro atoms. The third kappa shape index (κ3) is 6.10. The van der Waals surface area contributed by atoms with E-state index < -0.39 is 4.92 Å². The number of nitrogens with zero attached hydrogens (tertiary/aromatic N) is 4. The predicted molar refractivity (Wildman–Crippen MR) is 127 cm³/mol. The Morgan fingerprint density at radius 2 is 1.91 bits per heavy atom. The number of aryl methyl sites for hydroxylation is 1. The van der Waals surface area contributed by atoms with E-state index >= 15 is 0 Å². The summed E-state index contributed by atoms with van der Waals surface area (Å²) >= 11 is 1.21. The van der Waals surface area contributed by atoms with Gasteiger partial charge in [0, 0.05) is 29.9 Å². The Kier molecular flexibility index (Phi) is 8.19. The zero-order valence-electron chi connectivity index (χ0n) is 18.9. The molecule has 2 aromatic carbocycles. The summed E-state index contributed by atoms with van der Waals surface area (Å²) in [6.07, 6.45) is 0. The molecular formula is C22H24N6O5S. The first kappa shape index (κ1) is 24.7. The number of non-ortho nitro benzene ring substituents is 1. The molecule has 0 aliphatic carbocycles. The first-order chi connectivity index (χ1) is 16.3. The van der Waals surface area contributed by atoms with Crippen molar-refractivity contribution in [3.8, 4) is 5.75 Å². The number of methoxy groups -OCH3 is 1. The molecular weight excluding hydrogens is 460 g/mol. The van der Waals surface area contributed by atoms with Gasteiger partial charge in [0.1, 0.15) is 5.75 Å². The lowest BCUT2D eigenvalue weighted by atomic mass is 10.2. The monoisotopic (exact) mass is 484 g/mol. The van der Waals surface area contributed by atoms with Crippen LogP contribution in [0.4, 0.5) is 11.4 Å². The molecule has 178 valence electrons. The van der Waals surface area contributed by atoms with Gasteiger partial charge in [-0.3, -0.25) is 19.7 Å². The van der Waals surface area contributed by atoms with Crippen molar-refractivity contribution in [2.45, 2.75) is 32.1 Å². The van der Waals surface area contributed by atoms with E-state index in [0.29, 0.717) is 40.1 Å². The summed E-state index contributed by atoms with van der Waals surface area (Å²) < 4.78 is 6.92. The summed E-state index contributed by atoms with van der Waals surface area (Å²) in [5, 5.41) is 25.3. The smallest absolute Gasteiger partial charge is 0.269 e. The van der Waals surface area contributed by atoms with E-state index in [1.807, 2.05) is 11.5 Å². The molecule has 1 heterocycles. The van der Waals surface area contributed by atoms with Crippen LogP contribution in [0.1, 0.15) is 28.7 Å². The first-order valence-electron chi connectivity index (χ1n) is 10.3. The van der Waals surface area contributed by atoms with Crippen LogP contribution in [0.5, 0.6) is 5.75 Å². The van der Waals surface area contributed by atoms with Gasteiger partial charge in [0.05, 0.1) is 24.3 Å². The molecule has 0 radical (unpaired) electrons. The van der Waals surface area contributed by atoms with E-state index in [9.17, 15) is 19.7 Å². The lowest BCUT2D eigenvalue weighted by Gasteiger charge is -2.10. The highest BCUT2D eigenvalue weighted by atomic mass is 32.2. The number of nitrogens with one attached hydrogen (secondary N) is 2. The topological polar surface area (TPSA) is 141 Å². The zero-order chi connectivity index (χ0) is 24.7. The molecule has 0 aliphatic heterocycles. The molecule has 12 heteroatoms. The van der Waals surface area contributed by atoms with Crippen molar-refractivity contribution in [1.29, 1.82) is 0 Å². The van der Waals surface area contributed by atoms with E-state index in [1.165, 1.54) is 30.0 Å². The molecule has 0 unspecified atom stereocenters. The Balaban J connectivity index is 1.56. The van der Waals surface area contributed by atoms with E-state index in [0.717, 1.165) is 0 Å². The number of hydrogen-bond acceptors (Lipinski definition) is 8. The average molecular weight is 485 g/mol. The van der Waals surface area contributed by atoms with Crippen LogP contribution >= 0.6 is 11.8 Å². The number of benzene rings is 2. The molecule has 11 nitrogen and oxygen atoms in total. The maximum Gasteiger partial charge on any atom is 0.269 e. The summed E-state index contributed by atoms with van der Waals surface area (Å²) in [5.74, 6) is 0.782. The molecule has 34 heavy (non-hydrogen) atoms. The van der Waals surface area contributed by atoms with E-state index in [1.54, 1.807) is 38.3 Å². The summed E-state index contributed by atoms with van der Waals surface area (Å²) in [6.45, 7) is 4.35. The predicted octanol–water partition coefficient (Wildman–Crippen LogP) is 3.18. The molecule has 3 rings (SSSR count). The number of hydrogen-bond donors (Lipinski definition) is 2. The fourth-order valence-corrected chi connectivity index (χ4v) is 3.92. The number of carbonyl (C=O) groups is 2. The average Bonchev–Trinajstić information content (AvgIpc) is 3.24. The van der Waals surface area contributed by atoms with Crippen molar-refractivity contribution in [2.24, 2.45) is 0 Å². The standard InChI is InChI=1S/C22H24N6O5S/c1-4-27-19(12-23-21(30)15-5-8-17(33-3)9-6-15)25-26-22(27)34-13-20(29)24-18-10-7-16(28(31)32)11-14(18)2/h5-11H,4,12-13H2,1-3H3,(H,23,30)(H,24,29). The number of anilines is 1. The summed E-state index contributed by atoms with van der Waals surface area (Å²) in [5.41, 5.74) is 1.57. The molecule has 0 fully saturated rings. The van der Waals surface area contributed by atoms with Crippen LogP contribution < -0.4 is 15.4 Å². The van der Waals surface area contributed by atoms with Crippen molar-refractivity contribution in [3.63, 3.8) is 0 Å². The Morgan fingerprint density at radius 3 is 2.53 bits per heavy atom. The van der Waals surface area contributed by atoms with Gasteiger partial charge in [-0.2, -0.15) is 0 Å². The molecule has 2 N–H and O–H groups in total. The van der Waals surface area contributed by atoms with Crippen molar-refractivity contribution in [2.75, 3.05) is 18.2 Å². The molecule has 0 saturated carbocycles. The third-order valence-electron chi connectivity index (χ3n) is 4.90. The number of ether oxygens (including phenoxy) is 1. The quantitative estimate of drug-likeness (QED) is 0.254. The van der Waals surface area contributed by atoms with Gasteiger partial charge >= 0.3 is 0 Å². The largest absolute Gasteiger partial charge is 0.497 e. The van der Waals surface area contributed by atoms with Gasteiger partial charge in [0.2, 0.25) is 5.91 Å². The van der Waals surface area contributed by atoms with Crippen LogP contribution in [0.2, 0.25) is 0 Å². The third-order valence-corrected chi connectivity index (χ3v) is 5.86. The van der Waals surface area contributed by atoms with Gasteiger partial charge in [-0.15, -0.1) is 10.2 Å². The maximum atomic E-state index is 12.4. The van der Waals surface area contributed by atoms with Gasteiger partial charge in [0.15, 0.2) is 11.0 Å². The number of carbonyl (C=O) groups excluding carboxylic acids is 2. The Bertz CT molecular complexity index is 1190. The highest BCUT2D eigenvalue weighted by molar-refractivity contribution is 7.99. The minimum atomic E-state index is -0.483. The first-order valence-corrected chi connectivity index (χ1v) is 11.3. The van der Waals surface area contributed by atoms with Gasteiger partial charge in [-0.1, -0.05) is 11.8 Å². The maximum absolute atomic E-state index is 12.4. The minimum Gasteiger partial charge on any atom is -0.497 e. The Hall–Kier alpha value is -3.93. The normalized spacial score (nSPS) is 10.6. The van der Waals surface area contributed by atoms with Gasteiger partial charge in [0.25, 0.3) is 11.6 Å². The Labute approximate surface area is 200 Å². The number of nitro groups is 1. The fourth-order valence-electron chi connectivity index (χ4n) is 3.10. The van der Waals surface area contributed by atoms with E-state index in [4.69, 9.17) is 4.74 Å². The molecule has 0 aliphatic rings. The molecule has 0 atom stereocenters. The van der Waals surface area contributed by atoms with Gasteiger partial charge in [-0.05, 0) is 49.7 Å². The zero-order valence-corrected chi connectivity index (χ0v) is 19.7. The van der Waals surface area contributed by atoms with Crippen LogP contribution in [-0.4, -0.2) is 44.4 Å². The summed E-state index contributed by atoms with van der Waals surface area (Å²) in [4.78, 5) is 35.2. The number of rotatable bonds is 10. The number of aromatic nitrogens is 3. The number of thioether (sulfide) groups is 1. The molecule has 3 aromatic rings. The second-order valence-corrected chi connectivity index (χ2v) is 8.09. The van der Waals surface area contributed by atoms with Gasteiger partial charge < -0.3 is 19.9 Å². The second kappa shape index (κ2) is 11.3. The van der Waals surface area contributed by atoms with Crippen molar-refractivity contribution < 1.29 is 19.2 Å². The van der Waals surface area contributed by atoms with E-state index in [2.05, 4.69) is 20.8 Å². The van der Waals surface area contributed by atoms with Crippen LogP contribution in [0.25, 0.3) is 0 Å². The highest BCUT2D eigenvalue weighted by Gasteiger charge is 2.16. The SMILES string of the molecule is CCn1c(CNC(=O)c2ccc(OC)cc2)nnc1SCC(=O)Nc1ccc([N+](=O)[O-])cc1C. The Morgan fingerprint density at radius 1 is 1.18 bits per heavy atom. The van der Waals surface area contributed by atoms with Crippen molar-refractivity contribution in [1.82, 2.24) is 20.1 Å². The number of amides is 2. The van der Waals surface area contributed by atoms with Crippen LogP contribution in [0.3, 0.4) is 0 Å². The molecule has 2 amide bonds. The lowest BCUT2D eigenvalue weighted by molar-refractivity contribution is -0.384. The second-order valence-electron chi connectivity index (χ2n) is 7.15. The van der Waals surface area contributed by atoms with Crippen LogP contribution in [0.15, 0.2) is 47.6 Å². The van der Waals surface area contributed by atoms with Crippen LogP contribution in [-0.2, 0) is 17.9 Å². The van der Waals surface area contributed by atoms with Gasteiger partial charge in [-0.25, -0.2) is 0 Å². The molecule has 0 saturated heterocycles. The summed E-state index contributed by atoms with van der Waals surface area (Å²) in [6, 6.07) is 11.0. The fraction of sp³-hybridized carbons (Fsp3) is 0.273. The summed E-state index contributed by atoms with van der Waals surface area (Å²) in [7, 11) is 1.56. The lowest BCUT2D eigenvalue weighted by Crippen LogP contribution is -2.24. The van der Waals surface area contributed by atoms with Crippen molar-refractivity contribution in [3.05, 3.63) is 69.5 Å². The highest BCUT2D eigenvalue weighted by Crippen LogP contribution is 2.22. The van der Waals surface area contributed by atoms with Crippen LogP contribution in [0, 0.1) is 17.0 Å². The number of nitro benzene ring substituents is 1.